The molecule has 0 amide bonds. The van der Waals surface area contributed by atoms with Crippen LogP contribution >= 0.6 is 15.9 Å². The van der Waals surface area contributed by atoms with Crippen LogP contribution < -0.4 is 0 Å². The first kappa shape index (κ1) is 10.4. The molecule has 0 aliphatic carbocycles. The quantitative estimate of drug-likeness (QED) is 0.907. The van der Waals surface area contributed by atoms with E-state index >= 15 is 0 Å². The van der Waals surface area contributed by atoms with Crippen molar-refractivity contribution in [3.05, 3.63) is 46.2 Å². The van der Waals surface area contributed by atoms with Crippen LogP contribution in [0.4, 0.5) is 0 Å². The lowest BCUT2D eigenvalue weighted by molar-refractivity contribution is 0.276. The molecule has 1 heterocycles. The number of hydrogen-bond donors (Lipinski definition) is 1. The van der Waals surface area contributed by atoms with E-state index in [0.717, 1.165) is 10.2 Å². The number of nitrogens with zero attached hydrogens (tertiary/aromatic N) is 2. The predicted molar refractivity (Wildman–Crippen MR) is 61.9 cm³/mol. The van der Waals surface area contributed by atoms with Crippen LogP contribution in [0, 0.1) is 6.92 Å². The van der Waals surface area contributed by atoms with E-state index in [1.807, 2.05) is 31.3 Å². The zero-order valence-corrected chi connectivity index (χ0v) is 9.90. The zero-order chi connectivity index (χ0) is 10.8. The van der Waals surface area contributed by atoms with Crippen LogP contribution in [0.1, 0.15) is 11.3 Å². The summed E-state index contributed by atoms with van der Waals surface area (Å²) >= 11 is 3.48. The van der Waals surface area contributed by atoms with Crippen molar-refractivity contribution >= 4 is 15.9 Å². The molecule has 1 N–H and O–H groups in total. The summed E-state index contributed by atoms with van der Waals surface area (Å²) in [6.07, 6.45) is 1.84. The van der Waals surface area contributed by atoms with E-state index in [1.165, 1.54) is 5.56 Å². The Bertz CT molecular complexity index is 479. The largest absolute Gasteiger partial charge is 0.390 e. The highest BCUT2D eigenvalue weighted by atomic mass is 79.9. The molecule has 1 aromatic heterocycles. The Morgan fingerprint density at radius 1 is 1.40 bits per heavy atom. The molecular formula is C11H11BrN2O. The highest BCUT2D eigenvalue weighted by Gasteiger charge is 2.02. The van der Waals surface area contributed by atoms with E-state index in [9.17, 15) is 0 Å². The zero-order valence-electron chi connectivity index (χ0n) is 8.31. The third-order valence-electron chi connectivity index (χ3n) is 2.23. The van der Waals surface area contributed by atoms with Gasteiger partial charge in [0.1, 0.15) is 0 Å². The third-order valence-corrected chi connectivity index (χ3v) is 3.08. The molecule has 0 aliphatic rings. The number of hydrogen-bond acceptors (Lipinski definition) is 2. The minimum atomic E-state index is -0.0277. The lowest BCUT2D eigenvalue weighted by atomic mass is 10.2. The summed E-state index contributed by atoms with van der Waals surface area (Å²) in [4.78, 5) is 0. The van der Waals surface area contributed by atoms with Gasteiger partial charge in [-0.3, -0.25) is 0 Å². The van der Waals surface area contributed by atoms with Gasteiger partial charge in [-0.1, -0.05) is 22.0 Å². The molecule has 0 bridgehead atoms. The van der Waals surface area contributed by atoms with E-state index in [2.05, 4.69) is 21.0 Å². The van der Waals surface area contributed by atoms with E-state index in [4.69, 9.17) is 5.11 Å². The normalized spacial score (nSPS) is 10.6. The van der Waals surface area contributed by atoms with Crippen molar-refractivity contribution < 1.29 is 5.11 Å². The number of aromatic nitrogens is 2. The molecule has 15 heavy (non-hydrogen) atoms. The molecule has 3 nitrogen and oxygen atoms in total. The topological polar surface area (TPSA) is 38.0 Å². The average Bonchev–Trinajstić information content (AvgIpc) is 2.70. The molecule has 4 heteroatoms. The fraction of sp³-hybridized carbons (Fsp3) is 0.182. The maximum atomic E-state index is 8.91. The van der Waals surface area contributed by atoms with Gasteiger partial charge in [0.05, 0.1) is 18.0 Å². The van der Waals surface area contributed by atoms with Gasteiger partial charge >= 0.3 is 0 Å². The fourth-order valence-corrected chi connectivity index (χ4v) is 1.68. The van der Waals surface area contributed by atoms with Crippen LogP contribution in [-0.4, -0.2) is 14.9 Å². The second-order valence-electron chi connectivity index (χ2n) is 3.34. The molecular weight excluding hydrogens is 256 g/mol. The molecule has 1 aromatic carbocycles. The number of rotatable bonds is 2. The van der Waals surface area contributed by atoms with Crippen LogP contribution in [0.3, 0.4) is 0 Å². The standard InChI is InChI=1S/C11H11BrN2O/c1-8-2-3-10(6-11(8)12)14-5-4-9(7-15)13-14/h2-6,15H,7H2,1H3. The van der Waals surface area contributed by atoms with Gasteiger partial charge in [-0.05, 0) is 30.7 Å². The minimum absolute atomic E-state index is 0.0277. The Balaban J connectivity index is 2.40. The Morgan fingerprint density at radius 2 is 2.20 bits per heavy atom. The summed E-state index contributed by atoms with van der Waals surface area (Å²) in [5.41, 5.74) is 2.84. The number of benzene rings is 1. The molecule has 2 aromatic rings. The van der Waals surface area contributed by atoms with Crippen molar-refractivity contribution in [3.63, 3.8) is 0 Å². The van der Waals surface area contributed by atoms with Crippen molar-refractivity contribution in [1.82, 2.24) is 9.78 Å². The van der Waals surface area contributed by atoms with E-state index < -0.39 is 0 Å². The van der Waals surface area contributed by atoms with Crippen LogP contribution in [0.5, 0.6) is 0 Å². The Morgan fingerprint density at radius 3 is 2.80 bits per heavy atom. The third kappa shape index (κ3) is 2.11. The maximum absolute atomic E-state index is 8.91. The monoisotopic (exact) mass is 266 g/mol. The van der Waals surface area contributed by atoms with Gasteiger partial charge in [-0.2, -0.15) is 5.10 Å². The molecule has 0 spiro atoms. The van der Waals surface area contributed by atoms with Crippen LogP contribution in [0.25, 0.3) is 5.69 Å². The van der Waals surface area contributed by atoms with Gasteiger partial charge in [0.25, 0.3) is 0 Å². The highest BCUT2D eigenvalue weighted by Crippen LogP contribution is 2.19. The van der Waals surface area contributed by atoms with Crippen LogP contribution in [0.15, 0.2) is 34.9 Å². The Hall–Kier alpha value is -1.13. The van der Waals surface area contributed by atoms with Crippen molar-refractivity contribution in [2.75, 3.05) is 0 Å². The van der Waals surface area contributed by atoms with Crippen molar-refractivity contribution in [2.24, 2.45) is 0 Å². The van der Waals surface area contributed by atoms with E-state index in [-0.39, 0.29) is 6.61 Å². The van der Waals surface area contributed by atoms with Crippen molar-refractivity contribution in [2.45, 2.75) is 13.5 Å². The summed E-state index contributed by atoms with van der Waals surface area (Å²) in [6.45, 7) is 2.01. The highest BCUT2D eigenvalue weighted by molar-refractivity contribution is 9.10. The summed E-state index contributed by atoms with van der Waals surface area (Å²) in [5.74, 6) is 0. The molecule has 0 aliphatic heterocycles. The second-order valence-corrected chi connectivity index (χ2v) is 4.20. The SMILES string of the molecule is Cc1ccc(-n2ccc(CO)n2)cc1Br. The summed E-state index contributed by atoms with van der Waals surface area (Å²) < 4.78 is 2.80. The van der Waals surface area contributed by atoms with Gasteiger partial charge in [-0.15, -0.1) is 0 Å². The first-order valence-electron chi connectivity index (χ1n) is 4.62. The van der Waals surface area contributed by atoms with Gasteiger partial charge in [-0.25, -0.2) is 4.68 Å². The lowest BCUT2D eigenvalue weighted by Crippen LogP contribution is -1.96. The fourth-order valence-electron chi connectivity index (χ4n) is 1.31. The Kier molecular flexibility index (Phi) is 2.88. The van der Waals surface area contributed by atoms with Crippen LogP contribution in [-0.2, 0) is 6.61 Å². The van der Waals surface area contributed by atoms with E-state index in [0.29, 0.717) is 5.69 Å². The van der Waals surface area contributed by atoms with Gasteiger partial charge < -0.3 is 5.11 Å². The molecule has 0 saturated heterocycles. The molecule has 0 atom stereocenters. The number of aryl methyl sites for hydroxylation is 1. The average molecular weight is 267 g/mol. The molecule has 0 unspecified atom stereocenters. The molecule has 0 radical (unpaired) electrons. The van der Waals surface area contributed by atoms with Gasteiger partial charge in [0.2, 0.25) is 0 Å². The summed E-state index contributed by atoms with van der Waals surface area (Å²) in [5, 5.41) is 13.1. The van der Waals surface area contributed by atoms with Crippen molar-refractivity contribution in [1.29, 1.82) is 0 Å². The smallest absolute Gasteiger partial charge is 0.0883 e. The van der Waals surface area contributed by atoms with Crippen LogP contribution in [0.2, 0.25) is 0 Å². The molecule has 78 valence electrons. The Labute approximate surface area is 96.5 Å². The molecule has 2 rings (SSSR count). The minimum Gasteiger partial charge on any atom is -0.390 e. The molecule has 0 saturated carbocycles. The first-order valence-corrected chi connectivity index (χ1v) is 5.42. The van der Waals surface area contributed by atoms with Crippen molar-refractivity contribution in [3.8, 4) is 5.69 Å². The number of aliphatic hydroxyl groups excluding tert-OH is 1. The van der Waals surface area contributed by atoms with Gasteiger partial charge in [0.15, 0.2) is 0 Å². The van der Waals surface area contributed by atoms with E-state index in [1.54, 1.807) is 10.7 Å². The summed E-state index contributed by atoms with van der Waals surface area (Å²) in [6, 6.07) is 7.82. The van der Waals surface area contributed by atoms with Gasteiger partial charge in [0, 0.05) is 10.7 Å². The first-order chi connectivity index (χ1) is 7.20. The molecule has 0 fully saturated rings. The lowest BCUT2D eigenvalue weighted by Gasteiger charge is -2.03. The maximum Gasteiger partial charge on any atom is 0.0883 e. The predicted octanol–water partition coefficient (Wildman–Crippen LogP) is 2.44. The number of halogens is 1. The number of aliphatic hydroxyl groups is 1. The second kappa shape index (κ2) is 4.16. The summed E-state index contributed by atoms with van der Waals surface area (Å²) in [7, 11) is 0.